The average molecular weight is 327 g/mol. The molecule has 0 bridgehead atoms. The molecule has 0 amide bonds. The molecule has 0 unspecified atom stereocenters. The number of benzene rings is 1. The molecule has 1 aromatic rings. The molecule has 8 heteroatoms. The van der Waals surface area contributed by atoms with Crippen LogP contribution < -0.4 is 14.8 Å². The van der Waals surface area contributed by atoms with E-state index in [1.54, 1.807) is 12.1 Å². The minimum Gasteiger partial charge on any atom is -0.497 e. The number of guanidine groups is 1. The first-order chi connectivity index (χ1) is 10.4. The number of rotatable bonds is 6. The molecule has 7 nitrogen and oxygen atoms in total. The summed E-state index contributed by atoms with van der Waals surface area (Å²) < 4.78 is 37.3. The first-order valence-electron chi connectivity index (χ1n) is 7.06. The van der Waals surface area contributed by atoms with Crippen LogP contribution in [0.4, 0.5) is 5.69 Å². The summed E-state index contributed by atoms with van der Waals surface area (Å²) in [4.78, 5) is 4.37. The van der Waals surface area contributed by atoms with Gasteiger partial charge in [0.05, 0.1) is 18.9 Å². The quantitative estimate of drug-likeness (QED) is 0.774. The highest BCUT2D eigenvalue weighted by molar-refractivity contribution is 7.90. The Kier molecular flexibility index (Phi) is 5.25. The lowest BCUT2D eigenvalue weighted by atomic mass is 10.3. The van der Waals surface area contributed by atoms with Gasteiger partial charge in [0.1, 0.15) is 10.6 Å². The van der Waals surface area contributed by atoms with E-state index in [0.717, 1.165) is 6.42 Å². The summed E-state index contributed by atoms with van der Waals surface area (Å²) in [6.45, 7) is 5.00. The number of methoxy groups -OCH3 is 1. The lowest BCUT2D eigenvalue weighted by Gasteiger charge is -2.21. The van der Waals surface area contributed by atoms with Gasteiger partial charge in [0.15, 0.2) is 0 Å². The topological polar surface area (TPSA) is 89.0 Å². The van der Waals surface area contributed by atoms with Gasteiger partial charge in [-0.25, -0.2) is 13.1 Å². The van der Waals surface area contributed by atoms with E-state index in [2.05, 4.69) is 15.0 Å². The van der Waals surface area contributed by atoms with Crippen LogP contribution in [-0.2, 0) is 14.8 Å². The molecule has 1 aliphatic rings. The van der Waals surface area contributed by atoms with Crippen LogP contribution in [0.25, 0.3) is 0 Å². The zero-order valence-corrected chi connectivity index (χ0v) is 13.7. The molecule has 2 N–H and O–H groups in total. The predicted octanol–water partition coefficient (Wildman–Crippen LogP) is 1.57. The summed E-state index contributed by atoms with van der Waals surface area (Å²) in [5, 5.41) is 2.97. The number of aliphatic imine (C=N–C) groups is 1. The molecule has 0 saturated carbocycles. The van der Waals surface area contributed by atoms with Crippen molar-refractivity contribution in [3.63, 3.8) is 0 Å². The summed E-state index contributed by atoms with van der Waals surface area (Å²) in [7, 11) is -2.14. The van der Waals surface area contributed by atoms with Gasteiger partial charge in [-0.15, -0.1) is 0 Å². The second-order valence-electron chi connectivity index (χ2n) is 5.10. The lowest BCUT2D eigenvalue weighted by molar-refractivity contribution is 0.0783. The molecule has 22 heavy (non-hydrogen) atoms. The number of nitrogens with one attached hydrogen (secondary N) is 2. The van der Waals surface area contributed by atoms with Crippen LogP contribution in [0.1, 0.15) is 20.3 Å². The van der Waals surface area contributed by atoms with Crippen molar-refractivity contribution < 1.29 is 17.9 Å². The van der Waals surface area contributed by atoms with Crippen molar-refractivity contribution in [1.29, 1.82) is 0 Å². The monoisotopic (exact) mass is 327 g/mol. The van der Waals surface area contributed by atoms with Crippen LogP contribution in [-0.4, -0.2) is 40.7 Å². The molecule has 0 aromatic heterocycles. The number of nitrogens with zero attached hydrogens (tertiary/aromatic N) is 1. The van der Waals surface area contributed by atoms with Gasteiger partial charge in [0, 0.05) is 19.2 Å². The third-order valence-electron chi connectivity index (χ3n) is 2.99. The Balaban J connectivity index is 2.06. The van der Waals surface area contributed by atoms with Crippen molar-refractivity contribution in [3.05, 3.63) is 18.2 Å². The van der Waals surface area contributed by atoms with Crippen molar-refractivity contribution in [1.82, 2.24) is 4.72 Å². The van der Waals surface area contributed by atoms with Crippen molar-refractivity contribution in [3.8, 4) is 5.75 Å². The van der Waals surface area contributed by atoms with Gasteiger partial charge in [-0.2, -0.15) is 0 Å². The first-order valence-corrected chi connectivity index (χ1v) is 8.54. The zero-order valence-electron chi connectivity index (χ0n) is 12.9. The van der Waals surface area contributed by atoms with Crippen LogP contribution >= 0.6 is 0 Å². The average Bonchev–Trinajstić information content (AvgIpc) is 2.45. The summed E-state index contributed by atoms with van der Waals surface area (Å²) in [5.74, 6) is 0.708. The first kappa shape index (κ1) is 16.6. The van der Waals surface area contributed by atoms with E-state index in [0.29, 0.717) is 24.6 Å². The van der Waals surface area contributed by atoms with Gasteiger partial charge in [0.25, 0.3) is 10.0 Å². The van der Waals surface area contributed by atoms with Crippen molar-refractivity contribution in [2.24, 2.45) is 4.99 Å². The van der Waals surface area contributed by atoms with Gasteiger partial charge in [-0.05, 0) is 32.4 Å². The lowest BCUT2D eigenvalue weighted by Crippen LogP contribution is -2.40. The Morgan fingerprint density at radius 1 is 1.32 bits per heavy atom. The Hall–Kier alpha value is -1.80. The SMILES string of the molecule is COc1ccc2c(c1)S(=O)(=O)NC(=NCCCOC(C)C)N2. The van der Waals surface area contributed by atoms with E-state index in [9.17, 15) is 8.42 Å². The number of fused-ring (bicyclic) bond motifs is 1. The van der Waals surface area contributed by atoms with E-state index in [1.165, 1.54) is 13.2 Å². The number of hydrogen-bond donors (Lipinski definition) is 2. The molecule has 0 spiro atoms. The van der Waals surface area contributed by atoms with Gasteiger partial charge in [-0.3, -0.25) is 4.99 Å². The zero-order chi connectivity index (χ0) is 16.2. The van der Waals surface area contributed by atoms with Gasteiger partial charge in [-0.1, -0.05) is 0 Å². The smallest absolute Gasteiger partial charge is 0.266 e. The molecule has 1 aliphatic heterocycles. The van der Waals surface area contributed by atoms with Crippen molar-refractivity contribution in [2.45, 2.75) is 31.3 Å². The summed E-state index contributed by atoms with van der Waals surface area (Å²) in [6, 6.07) is 4.82. The molecule has 0 saturated heterocycles. The van der Waals surface area contributed by atoms with E-state index < -0.39 is 10.0 Å². The largest absolute Gasteiger partial charge is 0.497 e. The number of ether oxygens (including phenoxy) is 2. The fourth-order valence-electron chi connectivity index (χ4n) is 1.94. The maximum atomic E-state index is 12.2. The fourth-order valence-corrected chi connectivity index (χ4v) is 3.10. The number of hydrogen-bond acceptors (Lipinski definition) is 5. The Morgan fingerprint density at radius 2 is 2.09 bits per heavy atom. The Labute approximate surface area is 130 Å². The molecule has 1 heterocycles. The minimum atomic E-state index is -3.63. The minimum absolute atomic E-state index is 0.147. The predicted molar refractivity (Wildman–Crippen MR) is 84.9 cm³/mol. The molecule has 0 atom stereocenters. The van der Waals surface area contributed by atoms with E-state index >= 15 is 0 Å². The highest BCUT2D eigenvalue weighted by Gasteiger charge is 2.26. The van der Waals surface area contributed by atoms with Crippen LogP contribution in [0.3, 0.4) is 0 Å². The highest BCUT2D eigenvalue weighted by Crippen LogP contribution is 2.28. The molecule has 0 fully saturated rings. The molecular formula is C14H21N3O4S. The molecule has 0 aliphatic carbocycles. The Morgan fingerprint density at radius 3 is 2.77 bits per heavy atom. The van der Waals surface area contributed by atoms with Crippen molar-refractivity contribution >= 4 is 21.7 Å². The normalized spacial score (nSPS) is 17.7. The maximum absolute atomic E-state index is 12.2. The molecule has 122 valence electrons. The number of sulfonamides is 1. The highest BCUT2D eigenvalue weighted by atomic mass is 32.2. The third kappa shape index (κ3) is 4.11. The fraction of sp³-hybridized carbons (Fsp3) is 0.500. The Bertz CT molecular complexity index is 656. The summed E-state index contributed by atoms with van der Waals surface area (Å²) in [6.07, 6.45) is 0.904. The van der Waals surface area contributed by atoms with Crippen LogP contribution in [0.5, 0.6) is 5.75 Å². The van der Waals surface area contributed by atoms with Gasteiger partial charge in [0.2, 0.25) is 5.96 Å². The molecule has 0 radical (unpaired) electrons. The van der Waals surface area contributed by atoms with Crippen LogP contribution in [0, 0.1) is 0 Å². The van der Waals surface area contributed by atoms with Crippen LogP contribution in [0.2, 0.25) is 0 Å². The third-order valence-corrected chi connectivity index (χ3v) is 4.36. The molecular weight excluding hydrogens is 306 g/mol. The second kappa shape index (κ2) is 6.97. The molecule has 1 aromatic carbocycles. The van der Waals surface area contributed by atoms with Crippen LogP contribution in [0.15, 0.2) is 28.1 Å². The standard InChI is InChI=1S/C14H21N3O4S/c1-10(2)21-8-4-7-15-14-16-12-6-5-11(20-3)9-13(12)22(18,19)17-14/h5-6,9-10H,4,7-8H2,1-3H3,(H2,15,16,17). The maximum Gasteiger partial charge on any atom is 0.266 e. The van der Waals surface area contributed by atoms with E-state index in [4.69, 9.17) is 9.47 Å². The van der Waals surface area contributed by atoms with Crippen molar-refractivity contribution in [2.75, 3.05) is 25.6 Å². The van der Waals surface area contributed by atoms with Gasteiger partial charge < -0.3 is 14.8 Å². The molecule has 2 rings (SSSR count). The summed E-state index contributed by atoms with van der Waals surface area (Å²) in [5.41, 5.74) is 0.483. The second-order valence-corrected chi connectivity index (χ2v) is 6.75. The summed E-state index contributed by atoms with van der Waals surface area (Å²) >= 11 is 0. The number of anilines is 1. The van der Waals surface area contributed by atoms with E-state index in [-0.39, 0.29) is 17.0 Å². The van der Waals surface area contributed by atoms with Gasteiger partial charge >= 0.3 is 0 Å². The van der Waals surface area contributed by atoms with E-state index in [1.807, 2.05) is 13.8 Å².